The van der Waals surface area contributed by atoms with Crippen molar-refractivity contribution in [2.24, 2.45) is 0 Å². The van der Waals surface area contributed by atoms with Crippen molar-refractivity contribution >= 4 is 5.69 Å². The lowest BCUT2D eigenvalue weighted by Crippen LogP contribution is -2.47. The van der Waals surface area contributed by atoms with Crippen molar-refractivity contribution in [3.05, 3.63) is 29.3 Å². The van der Waals surface area contributed by atoms with E-state index >= 15 is 0 Å². The fourth-order valence-electron chi connectivity index (χ4n) is 3.05. The first-order valence-electron chi connectivity index (χ1n) is 7.51. The quantitative estimate of drug-likeness (QED) is 0.892. The molecule has 0 atom stereocenters. The van der Waals surface area contributed by atoms with Crippen molar-refractivity contribution in [2.45, 2.75) is 32.4 Å². The van der Waals surface area contributed by atoms with Gasteiger partial charge in [0.1, 0.15) is 0 Å². The van der Waals surface area contributed by atoms with Crippen molar-refractivity contribution in [2.75, 3.05) is 38.1 Å². The van der Waals surface area contributed by atoms with Crippen LogP contribution in [0.25, 0.3) is 0 Å². The SMILES string of the molecule is CNCc1ccc(N2CCN(C3CC3)CC2)cc1C. The molecule has 1 N–H and O–H groups in total. The summed E-state index contributed by atoms with van der Waals surface area (Å²) in [5.74, 6) is 0. The summed E-state index contributed by atoms with van der Waals surface area (Å²) in [5, 5.41) is 3.23. The van der Waals surface area contributed by atoms with Crippen LogP contribution in [0.15, 0.2) is 18.2 Å². The highest BCUT2D eigenvalue weighted by atomic mass is 15.3. The average Bonchev–Trinajstić information content (AvgIpc) is 3.26. The molecule has 3 rings (SSSR count). The zero-order chi connectivity index (χ0) is 13.2. The molecule has 3 heteroatoms. The zero-order valence-corrected chi connectivity index (χ0v) is 12.2. The van der Waals surface area contributed by atoms with E-state index in [1.165, 1.54) is 55.8 Å². The van der Waals surface area contributed by atoms with Crippen LogP contribution in [-0.2, 0) is 6.54 Å². The van der Waals surface area contributed by atoms with Crippen LogP contribution in [0.4, 0.5) is 5.69 Å². The Balaban J connectivity index is 1.64. The minimum absolute atomic E-state index is 0.918. The van der Waals surface area contributed by atoms with Gasteiger partial charge in [-0.25, -0.2) is 0 Å². The second kappa shape index (κ2) is 5.51. The van der Waals surface area contributed by atoms with Crippen molar-refractivity contribution in [3.8, 4) is 0 Å². The fourth-order valence-corrected chi connectivity index (χ4v) is 3.05. The molecule has 3 nitrogen and oxygen atoms in total. The maximum atomic E-state index is 3.23. The van der Waals surface area contributed by atoms with Crippen LogP contribution in [0.1, 0.15) is 24.0 Å². The van der Waals surface area contributed by atoms with E-state index in [4.69, 9.17) is 0 Å². The molecule has 1 saturated heterocycles. The number of rotatable bonds is 4. The molecule has 0 unspecified atom stereocenters. The number of nitrogens with one attached hydrogen (secondary N) is 1. The molecular weight excluding hydrogens is 234 g/mol. The molecule has 1 aliphatic heterocycles. The van der Waals surface area contributed by atoms with E-state index in [2.05, 4.69) is 40.2 Å². The third-order valence-corrected chi connectivity index (χ3v) is 4.44. The number of nitrogens with zero attached hydrogens (tertiary/aromatic N) is 2. The summed E-state index contributed by atoms with van der Waals surface area (Å²) in [5.41, 5.74) is 4.20. The first-order valence-corrected chi connectivity index (χ1v) is 7.51. The monoisotopic (exact) mass is 259 g/mol. The summed E-state index contributed by atoms with van der Waals surface area (Å²) < 4.78 is 0. The third-order valence-electron chi connectivity index (χ3n) is 4.44. The Bertz CT molecular complexity index is 432. The lowest BCUT2D eigenvalue weighted by Gasteiger charge is -2.36. The molecule has 104 valence electrons. The first kappa shape index (κ1) is 12.9. The summed E-state index contributed by atoms with van der Waals surface area (Å²) in [4.78, 5) is 5.20. The van der Waals surface area contributed by atoms with E-state index in [1.807, 2.05) is 7.05 Å². The van der Waals surface area contributed by atoms with Gasteiger partial charge in [-0.2, -0.15) is 0 Å². The second-order valence-corrected chi connectivity index (χ2v) is 5.90. The van der Waals surface area contributed by atoms with Gasteiger partial charge in [0.05, 0.1) is 0 Å². The van der Waals surface area contributed by atoms with E-state index in [0.29, 0.717) is 0 Å². The Morgan fingerprint density at radius 1 is 1.16 bits per heavy atom. The summed E-state index contributed by atoms with van der Waals surface area (Å²) in [6, 6.07) is 7.82. The number of aryl methyl sites for hydroxylation is 1. The van der Waals surface area contributed by atoms with Crippen molar-refractivity contribution < 1.29 is 0 Å². The zero-order valence-electron chi connectivity index (χ0n) is 12.2. The Morgan fingerprint density at radius 2 is 1.89 bits per heavy atom. The largest absolute Gasteiger partial charge is 0.369 e. The molecule has 2 aliphatic rings. The molecule has 0 bridgehead atoms. The summed E-state index contributed by atoms with van der Waals surface area (Å²) in [6.07, 6.45) is 2.86. The smallest absolute Gasteiger partial charge is 0.0369 e. The summed E-state index contributed by atoms with van der Waals surface area (Å²) >= 11 is 0. The highest BCUT2D eigenvalue weighted by molar-refractivity contribution is 5.51. The van der Waals surface area contributed by atoms with Gasteiger partial charge in [0, 0.05) is 44.5 Å². The van der Waals surface area contributed by atoms with Crippen molar-refractivity contribution in [3.63, 3.8) is 0 Å². The first-order chi connectivity index (χ1) is 9.28. The lowest BCUT2D eigenvalue weighted by atomic mass is 10.1. The van der Waals surface area contributed by atoms with Gasteiger partial charge < -0.3 is 10.2 Å². The number of hydrogen-bond acceptors (Lipinski definition) is 3. The van der Waals surface area contributed by atoms with Gasteiger partial charge in [0.25, 0.3) is 0 Å². The molecular formula is C16H25N3. The molecule has 1 heterocycles. The topological polar surface area (TPSA) is 18.5 Å². The second-order valence-electron chi connectivity index (χ2n) is 5.90. The Kier molecular flexibility index (Phi) is 3.76. The average molecular weight is 259 g/mol. The van der Waals surface area contributed by atoms with E-state index in [9.17, 15) is 0 Å². The minimum Gasteiger partial charge on any atom is -0.369 e. The third kappa shape index (κ3) is 2.93. The maximum absolute atomic E-state index is 3.23. The predicted octanol–water partition coefficient (Wildman–Crippen LogP) is 2.00. The van der Waals surface area contributed by atoms with Gasteiger partial charge in [0.15, 0.2) is 0 Å². The van der Waals surface area contributed by atoms with Gasteiger partial charge in [0.2, 0.25) is 0 Å². The molecule has 0 aromatic heterocycles. The highest BCUT2D eigenvalue weighted by Gasteiger charge is 2.31. The van der Waals surface area contributed by atoms with E-state index < -0.39 is 0 Å². The van der Waals surface area contributed by atoms with Crippen LogP contribution in [0.5, 0.6) is 0 Å². The highest BCUT2D eigenvalue weighted by Crippen LogP contribution is 2.28. The van der Waals surface area contributed by atoms with Crippen LogP contribution >= 0.6 is 0 Å². The van der Waals surface area contributed by atoms with Gasteiger partial charge in [-0.3, -0.25) is 4.90 Å². The fraction of sp³-hybridized carbons (Fsp3) is 0.625. The van der Waals surface area contributed by atoms with E-state index in [1.54, 1.807) is 0 Å². The summed E-state index contributed by atoms with van der Waals surface area (Å²) in [7, 11) is 2.00. The lowest BCUT2D eigenvalue weighted by molar-refractivity contribution is 0.248. The Labute approximate surface area is 116 Å². The van der Waals surface area contributed by atoms with Crippen LogP contribution in [0.3, 0.4) is 0 Å². The number of piperazine rings is 1. The number of benzene rings is 1. The minimum atomic E-state index is 0.918. The molecule has 2 fully saturated rings. The van der Waals surface area contributed by atoms with Gasteiger partial charge in [-0.15, -0.1) is 0 Å². The van der Waals surface area contributed by atoms with Crippen LogP contribution < -0.4 is 10.2 Å². The molecule has 1 aromatic carbocycles. The molecule has 0 spiro atoms. The van der Waals surface area contributed by atoms with Crippen LogP contribution in [-0.4, -0.2) is 44.2 Å². The van der Waals surface area contributed by atoms with Crippen LogP contribution in [0.2, 0.25) is 0 Å². The Morgan fingerprint density at radius 3 is 2.47 bits per heavy atom. The van der Waals surface area contributed by atoms with Crippen LogP contribution in [0, 0.1) is 6.92 Å². The number of hydrogen-bond donors (Lipinski definition) is 1. The molecule has 1 aromatic rings. The van der Waals surface area contributed by atoms with Gasteiger partial charge in [-0.05, 0) is 50.1 Å². The standard InChI is InChI=1S/C16H25N3/c1-13-11-16(4-3-14(13)12-17-2)19-9-7-18(8-10-19)15-5-6-15/h3-4,11,15,17H,5-10,12H2,1-2H3. The molecule has 1 aliphatic carbocycles. The van der Waals surface area contributed by atoms with Gasteiger partial charge >= 0.3 is 0 Å². The van der Waals surface area contributed by atoms with Crippen molar-refractivity contribution in [1.82, 2.24) is 10.2 Å². The molecule has 0 radical (unpaired) electrons. The van der Waals surface area contributed by atoms with E-state index in [0.717, 1.165) is 12.6 Å². The Hall–Kier alpha value is -1.06. The maximum Gasteiger partial charge on any atom is 0.0369 e. The van der Waals surface area contributed by atoms with Gasteiger partial charge in [-0.1, -0.05) is 6.07 Å². The molecule has 19 heavy (non-hydrogen) atoms. The predicted molar refractivity (Wildman–Crippen MR) is 80.8 cm³/mol. The molecule has 1 saturated carbocycles. The van der Waals surface area contributed by atoms with Crippen molar-refractivity contribution in [1.29, 1.82) is 0 Å². The molecule has 0 amide bonds. The van der Waals surface area contributed by atoms with E-state index in [-0.39, 0.29) is 0 Å². The number of anilines is 1. The summed E-state index contributed by atoms with van der Waals surface area (Å²) in [6.45, 7) is 8.02. The normalized spacial score (nSPS) is 20.8.